The normalized spacial score (nSPS) is 10.3. The zero-order chi connectivity index (χ0) is 14.4. The van der Waals surface area contributed by atoms with Crippen molar-refractivity contribution in [3.8, 4) is 17.4 Å². The molecular weight excluding hydrogens is 276 g/mol. The zero-order valence-electron chi connectivity index (χ0n) is 11.6. The maximum Gasteiger partial charge on any atom is 0.224 e. The molecular formula is C15H17ClN2O2. The summed E-state index contributed by atoms with van der Waals surface area (Å²) < 4.78 is 11.1. The van der Waals surface area contributed by atoms with Crippen LogP contribution in [0.15, 0.2) is 30.3 Å². The van der Waals surface area contributed by atoms with Gasteiger partial charge in [-0.25, -0.2) is 4.98 Å². The molecule has 0 amide bonds. The van der Waals surface area contributed by atoms with Crippen LogP contribution in [0, 0.1) is 0 Å². The lowest BCUT2D eigenvalue weighted by molar-refractivity contribution is 0.339. The highest BCUT2D eigenvalue weighted by atomic mass is 35.5. The fraction of sp³-hybridized carbons (Fsp3) is 0.333. The number of halogens is 1. The molecule has 0 radical (unpaired) electrons. The Labute approximate surface area is 123 Å². The van der Waals surface area contributed by atoms with Crippen molar-refractivity contribution in [2.45, 2.75) is 26.7 Å². The number of aryl methyl sites for hydroxylation is 1. The number of hydrogen-bond donors (Lipinski definition) is 0. The Morgan fingerprint density at radius 3 is 2.40 bits per heavy atom. The lowest BCUT2D eigenvalue weighted by Gasteiger charge is -2.08. The Morgan fingerprint density at radius 1 is 1.05 bits per heavy atom. The lowest BCUT2D eigenvalue weighted by atomic mass is 10.3. The number of ether oxygens (including phenoxy) is 2. The number of hydrogen-bond acceptors (Lipinski definition) is 4. The Balaban J connectivity index is 2.12. The molecule has 0 N–H and O–H groups in total. The van der Waals surface area contributed by atoms with Crippen LogP contribution in [0.25, 0.3) is 0 Å². The number of benzene rings is 1. The molecule has 0 aliphatic heterocycles. The van der Waals surface area contributed by atoms with Gasteiger partial charge in [-0.15, -0.1) is 0 Å². The van der Waals surface area contributed by atoms with E-state index in [-0.39, 0.29) is 0 Å². The summed E-state index contributed by atoms with van der Waals surface area (Å²) in [6.07, 6.45) is 1.74. The van der Waals surface area contributed by atoms with Crippen molar-refractivity contribution in [3.05, 3.63) is 41.3 Å². The molecule has 1 heterocycles. The molecule has 1 aromatic carbocycles. The summed E-state index contributed by atoms with van der Waals surface area (Å²) in [6.45, 7) is 4.65. The topological polar surface area (TPSA) is 44.2 Å². The van der Waals surface area contributed by atoms with E-state index < -0.39 is 0 Å². The first kappa shape index (κ1) is 14.6. The van der Waals surface area contributed by atoms with Crippen LogP contribution in [0.2, 0.25) is 5.15 Å². The molecule has 106 valence electrons. The molecule has 4 nitrogen and oxygen atoms in total. The van der Waals surface area contributed by atoms with Crippen molar-refractivity contribution in [3.63, 3.8) is 0 Å². The third kappa shape index (κ3) is 4.10. The number of aromatic nitrogens is 2. The molecule has 0 saturated carbocycles. The fourth-order valence-corrected chi connectivity index (χ4v) is 1.91. The van der Waals surface area contributed by atoms with Crippen LogP contribution in [-0.2, 0) is 6.42 Å². The van der Waals surface area contributed by atoms with Crippen LogP contribution in [0.5, 0.6) is 17.4 Å². The van der Waals surface area contributed by atoms with Gasteiger partial charge in [0.2, 0.25) is 5.88 Å². The van der Waals surface area contributed by atoms with Gasteiger partial charge in [0, 0.05) is 12.5 Å². The molecule has 0 bridgehead atoms. The van der Waals surface area contributed by atoms with Crippen molar-refractivity contribution < 1.29 is 9.47 Å². The molecule has 2 aromatic rings. The van der Waals surface area contributed by atoms with E-state index in [0.717, 1.165) is 18.6 Å². The lowest BCUT2D eigenvalue weighted by Crippen LogP contribution is -1.97. The highest BCUT2D eigenvalue weighted by molar-refractivity contribution is 6.29. The van der Waals surface area contributed by atoms with Crippen LogP contribution < -0.4 is 9.47 Å². The number of nitrogens with zero attached hydrogens (tertiary/aromatic N) is 2. The SMILES string of the molecule is CCCc1nc(Cl)cc(Oc2ccc(OCC)cc2)n1. The second-order valence-corrected chi connectivity index (χ2v) is 4.59. The maximum atomic E-state index is 5.97. The first-order chi connectivity index (χ1) is 9.71. The molecule has 0 aliphatic rings. The van der Waals surface area contributed by atoms with E-state index in [1.165, 1.54) is 0 Å². The summed E-state index contributed by atoms with van der Waals surface area (Å²) in [4.78, 5) is 8.49. The van der Waals surface area contributed by atoms with Gasteiger partial charge in [0.05, 0.1) is 6.61 Å². The molecule has 0 fully saturated rings. The Kier molecular flexibility index (Phi) is 5.18. The smallest absolute Gasteiger partial charge is 0.224 e. The minimum Gasteiger partial charge on any atom is -0.494 e. The summed E-state index contributed by atoms with van der Waals surface area (Å²) >= 11 is 5.97. The van der Waals surface area contributed by atoms with Crippen molar-refractivity contribution in [1.82, 2.24) is 9.97 Å². The maximum absolute atomic E-state index is 5.97. The van der Waals surface area contributed by atoms with Crippen LogP contribution in [0.4, 0.5) is 0 Å². The molecule has 0 saturated heterocycles. The van der Waals surface area contributed by atoms with Crippen LogP contribution in [0.3, 0.4) is 0 Å². The van der Waals surface area contributed by atoms with Crippen LogP contribution in [0.1, 0.15) is 26.1 Å². The van der Waals surface area contributed by atoms with Gasteiger partial charge in [-0.2, -0.15) is 4.98 Å². The van der Waals surface area contributed by atoms with Gasteiger partial charge in [0.1, 0.15) is 22.5 Å². The predicted molar refractivity (Wildman–Crippen MR) is 78.7 cm³/mol. The van der Waals surface area contributed by atoms with E-state index in [9.17, 15) is 0 Å². The summed E-state index contributed by atoms with van der Waals surface area (Å²) in [7, 11) is 0. The highest BCUT2D eigenvalue weighted by Gasteiger charge is 2.05. The molecule has 0 spiro atoms. The average molecular weight is 293 g/mol. The third-order valence-electron chi connectivity index (χ3n) is 2.55. The van der Waals surface area contributed by atoms with Crippen LogP contribution >= 0.6 is 11.6 Å². The predicted octanol–water partition coefficient (Wildman–Crippen LogP) is 4.27. The van der Waals surface area contributed by atoms with Crippen molar-refractivity contribution in [2.24, 2.45) is 0 Å². The van der Waals surface area contributed by atoms with Crippen LogP contribution in [-0.4, -0.2) is 16.6 Å². The second kappa shape index (κ2) is 7.10. The van der Waals surface area contributed by atoms with Gasteiger partial charge in [-0.05, 0) is 37.6 Å². The molecule has 1 aromatic heterocycles. The number of rotatable bonds is 6. The van der Waals surface area contributed by atoms with E-state index >= 15 is 0 Å². The van der Waals surface area contributed by atoms with Crippen molar-refractivity contribution >= 4 is 11.6 Å². The van der Waals surface area contributed by atoms with Gasteiger partial charge in [-0.1, -0.05) is 18.5 Å². The summed E-state index contributed by atoms with van der Waals surface area (Å²) in [5.74, 6) is 2.65. The van der Waals surface area contributed by atoms with E-state index in [0.29, 0.717) is 29.2 Å². The Hall–Kier alpha value is -1.81. The minimum absolute atomic E-state index is 0.393. The minimum atomic E-state index is 0.393. The third-order valence-corrected chi connectivity index (χ3v) is 2.74. The molecule has 5 heteroatoms. The molecule has 20 heavy (non-hydrogen) atoms. The van der Waals surface area contributed by atoms with Crippen molar-refractivity contribution in [1.29, 1.82) is 0 Å². The first-order valence-corrected chi connectivity index (χ1v) is 7.03. The van der Waals surface area contributed by atoms with E-state index in [4.69, 9.17) is 21.1 Å². The van der Waals surface area contributed by atoms with E-state index in [2.05, 4.69) is 16.9 Å². The second-order valence-electron chi connectivity index (χ2n) is 4.20. The largest absolute Gasteiger partial charge is 0.494 e. The van der Waals surface area contributed by atoms with Crippen molar-refractivity contribution in [2.75, 3.05) is 6.61 Å². The summed E-state index contributed by atoms with van der Waals surface area (Å²) in [5.41, 5.74) is 0. The summed E-state index contributed by atoms with van der Waals surface area (Å²) in [5, 5.41) is 0.393. The van der Waals surface area contributed by atoms with Gasteiger partial charge < -0.3 is 9.47 Å². The quantitative estimate of drug-likeness (QED) is 0.746. The monoisotopic (exact) mass is 292 g/mol. The first-order valence-electron chi connectivity index (χ1n) is 6.65. The molecule has 0 aliphatic carbocycles. The average Bonchev–Trinajstić information content (AvgIpc) is 2.41. The molecule has 2 rings (SSSR count). The van der Waals surface area contributed by atoms with E-state index in [1.807, 2.05) is 31.2 Å². The zero-order valence-corrected chi connectivity index (χ0v) is 12.4. The standard InChI is InChI=1S/C15H17ClN2O2/c1-3-5-14-17-13(16)10-15(18-14)20-12-8-6-11(7-9-12)19-4-2/h6-10H,3-5H2,1-2H3. The Morgan fingerprint density at radius 2 is 1.75 bits per heavy atom. The molecule has 0 atom stereocenters. The van der Waals surface area contributed by atoms with Gasteiger partial charge in [0.25, 0.3) is 0 Å². The molecule has 0 unspecified atom stereocenters. The summed E-state index contributed by atoms with van der Waals surface area (Å²) in [6, 6.07) is 8.99. The highest BCUT2D eigenvalue weighted by Crippen LogP contribution is 2.24. The van der Waals surface area contributed by atoms with Gasteiger partial charge in [-0.3, -0.25) is 0 Å². The Bertz CT molecular complexity index is 558. The van der Waals surface area contributed by atoms with Gasteiger partial charge >= 0.3 is 0 Å². The van der Waals surface area contributed by atoms with Gasteiger partial charge in [0.15, 0.2) is 0 Å². The fourth-order valence-electron chi connectivity index (χ4n) is 1.72. The van der Waals surface area contributed by atoms with E-state index in [1.54, 1.807) is 6.07 Å².